The zero-order chi connectivity index (χ0) is 25.8. The highest BCUT2D eigenvalue weighted by molar-refractivity contribution is 6.51. The molecule has 0 aliphatic carbocycles. The van der Waals surface area contributed by atoms with Crippen molar-refractivity contribution in [3.05, 3.63) is 95.1 Å². The van der Waals surface area contributed by atoms with Crippen LogP contribution in [0.2, 0.25) is 0 Å². The maximum Gasteiger partial charge on any atom is 0.300 e. The van der Waals surface area contributed by atoms with Gasteiger partial charge in [-0.1, -0.05) is 56.3 Å². The fourth-order valence-corrected chi connectivity index (χ4v) is 4.32. The number of hydrogen-bond acceptors (Lipinski definition) is 5. The smallest absolute Gasteiger partial charge is 0.300 e. The summed E-state index contributed by atoms with van der Waals surface area (Å²) in [6.07, 6.45) is 0. The van der Waals surface area contributed by atoms with Crippen LogP contribution in [0.4, 0.5) is 5.69 Å². The molecule has 6 nitrogen and oxygen atoms in total. The van der Waals surface area contributed by atoms with E-state index in [-0.39, 0.29) is 11.3 Å². The fourth-order valence-electron chi connectivity index (χ4n) is 4.32. The lowest BCUT2D eigenvalue weighted by molar-refractivity contribution is -0.132. The molecule has 1 fully saturated rings. The molecule has 0 spiro atoms. The Morgan fingerprint density at radius 2 is 1.64 bits per heavy atom. The third-order valence-corrected chi connectivity index (χ3v) is 6.00. The number of aliphatic hydroxyl groups excluding tert-OH is 1. The Kier molecular flexibility index (Phi) is 7.44. The molecule has 1 atom stereocenters. The molecular formula is C30H31NO5. The molecule has 1 aliphatic rings. The molecule has 1 saturated heterocycles. The molecule has 1 N–H and O–H groups in total. The van der Waals surface area contributed by atoms with Gasteiger partial charge in [-0.15, -0.1) is 0 Å². The molecule has 3 aromatic rings. The third kappa shape index (κ3) is 4.98. The van der Waals surface area contributed by atoms with Gasteiger partial charge in [0.15, 0.2) is 0 Å². The molecule has 0 bridgehead atoms. The van der Waals surface area contributed by atoms with E-state index in [1.807, 2.05) is 64.1 Å². The Morgan fingerprint density at radius 3 is 2.33 bits per heavy atom. The topological polar surface area (TPSA) is 76.1 Å². The van der Waals surface area contributed by atoms with E-state index in [9.17, 15) is 14.7 Å². The Labute approximate surface area is 211 Å². The van der Waals surface area contributed by atoms with E-state index in [1.165, 1.54) is 4.90 Å². The molecule has 1 aliphatic heterocycles. The predicted octanol–water partition coefficient (Wildman–Crippen LogP) is 6.05. The minimum absolute atomic E-state index is 0.0258. The highest BCUT2D eigenvalue weighted by Gasteiger charge is 2.47. The molecule has 1 heterocycles. The predicted molar refractivity (Wildman–Crippen MR) is 140 cm³/mol. The number of aliphatic hydroxyl groups is 1. The summed E-state index contributed by atoms with van der Waals surface area (Å²) in [5.74, 6) is -0.142. The second-order valence-corrected chi connectivity index (χ2v) is 9.19. The number of aryl methyl sites for hydroxylation is 1. The van der Waals surface area contributed by atoms with Gasteiger partial charge in [-0.05, 0) is 61.2 Å². The van der Waals surface area contributed by atoms with Gasteiger partial charge in [0, 0.05) is 11.3 Å². The Hall–Kier alpha value is -4.06. The van der Waals surface area contributed by atoms with Crippen molar-refractivity contribution in [3.8, 4) is 11.5 Å². The van der Waals surface area contributed by atoms with E-state index >= 15 is 0 Å². The van der Waals surface area contributed by atoms with Crippen molar-refractivity contribution in [1.82, 2.24) is 0 Å². The van der Waals surface area contributed by atoms with Gasteiger partial charge in [-0.2, -0.15) is 0 Å². The molecule has 1 amide bonds. The maximum atomic E-state index is 13.4. The van der Waals surface area contributed by atoms with Gasteiger partial charge >= 0.3 is 0 Å². The van der Waals surface area contributed by atoms with Crippen LogP contribution in [-0.4, -0.2) is 30.0 Å². The molecule has 0 aromatic heterocycles. The first kappa shape index (κ1) is 25.0. The highest BCUT2D eigenvalue weighted by atomic mass is 16.5. The Bertz CT molecular complexity index is 1310. The molecule has 36 heavy (non-hydrogen) atoms. The summed E-state index contributed by atoms with van der Waals surface area (Å²) in [5, 5.41) is 11.4. The van der Waals surface area contributed by atoms with Gasteiger partial charge in [0.2, 0.25) is 0 Å². The lowest BCUT2D eigenvalue weighted by Gasteiger charge is -2.27. The van der Waals surface area contributed by atoms with Crippen LogP contribution in [0.25, 0.3) is 5.76 Å². The first-order valence-corrected chi connectivity index (χ1v) is 12.1. The van der Waals surface area contributed by atoms with Crippen molar-refractivity contribution >= 4 is 23.1 Å². The number of benzene rings is 3. The Balaban J connectivity index is 1.89. The van der Waals surface area contributed by atoms with Crippen molar-refractivity contribution in [2.24, 2.45) is 5.92 Å². The van der Waals surface area contributed by atoms with E-state index in [4.69, 9.17) is 9.47 Å². The average molecular weight is 486 g/mol. The number of rotatable bonds is 8. The quantitative estimate of drug-likeness (QED) is 0.239. The average Bonchev–Trinajstić information content (AvgIpc) is 3.13. The maximum absolute atomic E-state index is 13.4. The second-order valence-electron chi connectivity index (χ2n) is 9.19. The van der Waals surface area contributed by atoms with Crippen LogP contribution in [0.15, 0.2) is 78.4 Å². The van der Waals surface area contributed by atoms with Crippen molar-refractivity contribution < 1.29 is 24.2 Å². The minimum Gasteiger partial charge on any atom is -0.507 e. The van der Waals surface area contributed by atoms with Crippen LogP contribution < -0.4 is 14.4 Å². The van der Waals surface area contributed by atoms with Gasteiger partial charge in [0.05, 0.1) is 24.8 Å². The van der Waals surface area contributed by atoms with Gasteiger partial charge in [0.25, 0.3) is 11.7 Å². The van der Waals surface area contributed by atoms with Gasteiger partial charge in [-0.25, -0.2) is 0 Å². The van der Waals surface area contributed by atoms with Crippen LogP contribution in [0.1, 0.15) is 43.5 Å². The van der Waals surface area contributed by atoms with E-state index in [0.29, 0.717) is 47.4 Å². The molecule has 0 saturated carbocycles. The number of Topliss-reactive ketones (excluding diaryl/α,β-unsaturated/α-hetero) is 1. The monoisotopic (exact) mass is 485 g/mol. The van der Waals surface area contributed by atoms with Crippen LogP contribution in [-0.2, 0) is 9.59 Å². The molecule has 186 valence electrons. The molecule has 4 rings (SSSR count). The van der Waals surface area contributed by atoms with Gasteiger partial charge in [0.1, 0.15) is 17.3 Å². The number of para-hydroxylation sites is 1. The number of ketones is 1. The first-order chi connectivity index (χ1) is 17.3. The van der Waals surface area contributed by atoms with Crippen molar-refractivity contribution in [3.63, 3.8) is 0 Å². The third-order valence-electron chi connectivity index (χ3n) is 6.00. The first-order valence-electron chi connectivity index (χ1n) is 12.1. The SMILES string of the molecule is CCOc1cccc(C2/C(=C(/O)c3cccc(OCC(C)C)c3)C(=O)C(=O)N2c2ccccc2C)c1. The van der Waals surface area contributed by atoms with Crippen LogP contribution in [0.5, 0.6) is 11.5 Å². The summed E-state index contributed by atoms with van der Waals surface area (Å²) in [7, 11) is 0. The van der Waals surface area contributed by atoms with Gasteiger partial charge in [-0.3, -0.25) is 14.5 Å². The summed E-state index contributed by atoms with van der Waals surface area (Å²) >= 11 is 0. The number of carbonyl (C=O) groups excluding carboxylic acids is 2. The number of amides is 1. The van der Waals surface area contributed by atoms with Gasteiger partial charge < -0.3 is 14.6 Å². The zero-order valence-electron chi connectivity index (χ0n) is 21.0. The molecule has 1 unspecified atom stereocenters. The zero-order valence-corrected chi connectivity index (χ0v) is 21.0. The fraction of sp³-hybridized carbons (Fsp3) is 0.267. The molecular weight excluding hydrogens is 454 g/mol. The van der Waals surface area contributed by atoms with Crippen LogP contribution in [0.3, 0.4) is 0 Å². The minimum atomic E-state index is -0.827. The number of carbonyl (C=O) groups is 2. The number of nitrogens with zero attached hydrogens (tertiary/aromatic N) is 1. The summed E-state index contributed by atoms with van der Waals surface area (Å²) in [5.41, 5.74) is 2.55. The summed E-state index contributed by atoms with van der Waals surface area (Å²) in [6, 6.07) is 20.8. The van der Waals surface area contributed by atoms with E-state index in [1.54, 1.807) is 36.4 Å². The highest BCUT2D eigenvalue weighted by Crippen LogP contribution is 2.43. The standard InChI is InChI=1S/C30H31NO5/c1-5-35-23-13-8-11-21(16-23)27-26(28(32)22-12-9-14-24(17-22)36-18-19(2)3)29(33)30(34)31(27)25-15-7-6-10-20(25)4/h6-17,19,27,32H,5,18H2,1-4H3/b28-26-. The number of anilines is 1. The molecule has 0 radical (unpaired) electrons. The van der Waals surface area contributed by atoms with E-state index < -0.39 is 17.7 Å². The second kappa shape index (κ2) is 10.7. The Morgan fingerprint density at radius 1 is 0.944 bits per heavy atom. The van der Waals surface area contributed by atoms with Crippen molar-refractivity contribution in [2.75, 3.05) is 18.1 Å². The number of hydrogen-bond donors (Lipinski definition) is 1. The van der Waals surface area contributed by atoms with E-state index in [2.05, 4.69) is 0 Å². The summed E-state index contributed by atoms with van der Waals surface area (Å²) < 4.78 is 11.5. The summed E-state index contributed by atoms with van der Waals surface area (Å²) in [6.45, 7) is 8.87. The van der Waals surface area contributed by atoms with Crippen molar-refractivity contribution in [2.45, 2.75) is 33.7 Å². The number of ether oxygens (including phenoxy) is 2. The summed E-state index contributed by atoms with van der Waals surface area (Å²) in [4.78, 5) is 28.3. The largest absolute Gasteiger partial charge is 0.507 e. The van der Waals surface area contributed by atoms with Crippen LogP contribution in [0, 0.1) is 12.8 Å². The lowest BCUT2D eigenvalue weighted by atomic mass is 9.94. The van der Waals surface area contributed by atoms with E-state index in [0.717, 1.165) is 5.56 Å². The normalized spacial score (nSPS) is 17.0. The van der Waals surface area contributed by atoms with Crippen molar-refractivity contribution in [1.29, 1.82) is 0 Å². The molecule has 3 aromatic carbocycles. The molecule has 6 heteroatoms. The lowest BCUT2D eigenvalue weighted by Crippen LogP contribution is -2.30. The van der Waals surface area contributed by atoms with Crippen LogP contribution >= 0.6 is 0 Å².